The molecule has 3 heterocycles. The van der Waals surface area contributed by atoms with Crippen molar-refractivity contribution < 1.29 is 19.1 Å². The van der Waals surface area contributed by atoms with E-state index in [1.807, 2.05) is 13.0 Å². The average Bonchev–Trinajstić information content (AvgIpc) is 3.07. The predicted molar refractivity (Wildman–Crippen MR) is 115 cm³/mol. The Kier molecular flexibility index (Phi) is 4.25. The van der Waals surface area contributed by atoms with Crippen LogP contribution in [0.4, 0.5) is 5.82 Å². The summed E-state index contributed by atoms with van der Waals surface area (Å²) >= 11 is 0. The SMILES string of the molecule is COc1cc([C@@H]2c3c(oc4ccccc4c3=O)C(=O)N2c2cccc(C)n2)ccc1O. The van der Waals surface area contributed by atoms with E-state index in [0.717, 1.165) is 5.69 Å². The number of benzene rings is 2. The maximum Gasteiger partial charge on any atom is 0.296 e. The number of anilines is 1. The number of pyridine rings is 1. The molecule has 1 aliphatic rings. The number of hydrogen-bond donors (Lipinski definition) is 1. The Bertz CT molecular complexity index is 1410. The molecule has 1 amide bonds. The number of phenolic OH excluding ortho intramolecular Hbond substituents is 1. The van der Waals surface area contributed by atoms with Crippen LogP contribution in [0, 0.1) is 6.92 Å². The number of ether oxygens (including phenoxy) is 1. The zero-order chi connectivity index (χ0) is 21.7. The Morgan fingerprint density at radius 1 is 1.06 bits per heavy atom. The van der Waals surface area contributed by atoms with E-state index in [4.69, 9.17) is 9.15 Å². The lowest BCUT2D eigenvalue weighted by atomic mass is 9.98. The number of hydrogen-bond acceptors (Lipinski definition) is 6. The van der Waals surface area contributed by atoms with Gasteiger partial charge >= 0.3 is 0 Å². The summed E-state index contributed by atoms with van der Waals surface area (Å²) in [5, 5.41) is 10.4. The first-order valence-corrected chi connectivity index (χ1v) is 9.69. The Hall–Kier alpha value is -4.13. The van der Waals surface area contributed by atoms with Gasteiger partial charge in [-0.1, -0.05) is 24.3 Å². The number of amides is 1. The Morgan fingerprint density at radius 2 is 1.87 bits per heavy atom. The number of para-hydroxylation sites is 1. The van der Waals surface area contributed by atoms with Gasteiger partial charge in [-0.3, -0.25) is 14.5 Å². The second-order valence-electron chi connectivity index (χ2n) is 7.32. The molecule has 5 rings (SSSR count). The van der Waals surface area contributed by atoms with Crippen molar-refractivity contribution in [1.82, 2.24) is 4.98 Å². The number of carbonyl (C=O) groups excluding carboxylic acids is 1. The lowest BCUT2D eigenvalue weighted by molar-refractivity contribution is 0.0970. The zero-order valence-electron chi connectivity index (χ0n) is 16.8. The van der Waals surface area contributed by atoms with Gasteiger partial charge in [-0.2, -0.15) is 0 Å². The van der Waals surface area contributed by atoms with Gasteiger partial charge in [0.2, 0.25) is 5.76 Å². The number of aromatic nitrogens is 1. The quantitative estimate of drug-likeness (QED) is 0.546. The van der Waals surface area contributed by atoms with Crippen LogP contribution in [0.3, 0.4) is 0 Å². The average molecular weight is 414 g/mol. The molecule has 31 heavy (non-hydrogen) atoms. The van der Waals surface area contributed by atoms with Crippen molar-refractivity contribution in [3.8, 4) is 11.5 Å². The molecule has 0 fully saturated rings. The molecule has 0 radical (unpaired) electrons. The van der Waals surface area contributed by atoms with Gasteiger partial charge in [-0.15, -0.1) is 0 Å². The summed E-state index contributed by atoms with van der Waals surface area (Å²) in [5.41, 5.74) is 1.62. The number of fused-ring (bicyclic) bond motifs is 2. The molecule has 1 atom stereocenters. The summed E-state index contributed by atoms with van der Waals surface area (Å²) in [7, 11) is 1.44. The Morgan fingerprint density at radius 3 is 2.65 bits per heavy atom. The maximum atomic E-state index is 13.5. The molecule has 0 aliphatic carbocycles. The van der Waals surface area contributed by atoms with Crippen molar-refractivity contribution in [3.05, 3.63) is 93.5 Å². The van der Waals surface area contributed by atoms with Crippen molar-refractivity contribution in [3.63, 3.8) is 0 Å². The maximum absolute atomic E-state index is 13.5. The molecule has 0 saturated carbocycles. The Labute approximate surface area is 177 Å². The van der Waals surface area contributed by atoms with Crippen LogP contribution in [0.25, 0.3) is 11.0 Å². The molecule has 0 unspecified atom stereocenters. The first-order valence-electron chi connectivity index (χ1n) is 9.69. The fraction of sp³-hybridized carbons (Fsp3) is 0.125. The highest BCUT2D eigenvalue weighted by Crippen LogP contribution is 2.42. The van der Waals surface area contributed by atoms with Crippen LogP contribution in [-0.4, -0.2) is 23.1 Å². The minimum absolute atomic E-state index is 0.0101. The summed E-state index contributed by atoms with van der Waals surface area (Å²) in [6, 6.07) is 16.1. The third kappa shape index (κ3) is 2.85. The smallest absolute Gasteiger partial charge is 0.296 e. The highest BCUT2D eigenvalue weighted by molar-refractivity contribution is 6.10. The summed E-state index contributed by atoms with van der Waals surface area (Å²) in [5.74, 6) is 0.135. The topological polar surface area (TPSA) is 92.9 Å². The molecule has 4 aromatic rings. The van der Waals surface area contributed by atoms with Crippen LogP contribution < -0.4 is 15.1 Å². The second-order valence-corrected chi connectivity index (χ2v) is 7.32. The fourth-order valence-electron chi connectivity index (χ4n) is 4.00. The molecule has 0 spiro atoms. The first-order chi connectivity index (χ1) is 15.0. The molecular weight excluding hydrogens is 396 g/mol. The highest BCUT2D eigenvalue weighted by Gasteiger charge is 2.44. The third-order valence-corrected chi connectivity index (χ3v) is 5.42. The van der Waals surface area contributed by atoms with E-state index < -0.39 is 11.9 Å². The minimum Gasteiger partial charge on any atom is -0.504 e. The van der Waals surface area contributed by atoms with Gasteiger partial charge < -0.3 is 14.3 Å². The summed E-state index contributed by atoms with van der Waals surface area (Å²) in [4.78, 5) is 32.9. The largest absolute Gasteiger partial charge is 0.504 e. The van der Waals surface area contributed by atoms with Gasteiger partial charge in [-0.05, 0) is 48.9 Å². The van der Waals surface area contributed by atoms with Gasteiger partial charge in [0.25, 0.3) is 5.91 Å². The van der Waals surface area contributed by atoms with Gasteiger partial charge in [0.15, 0.2) is 16.9 Å². The molecule has 0 saturated heterocycles. The van der Waals surface area contributed by atoms with E-state index in [1.165, 1.54) is 18.1 Å². The van der Waals surface area contributed by atoms with Crippen molar-refractivity contribution in [2.24, 2.45) is 0 Å². The lowest BCUT2D eigenvalue weighted by Crippen LogP contribution is -2.30. The monoisotopic (exact) mass is 414 g/mol. The van der Waals surface area contributed by atoms with Gasteiger partial charge in [0.1, 0.15) is 11.4 Å². The molecule has 0 bridgehead atoms. The van der Waals surface area contributed by atoms with E-state index in [2.05, 4.69) is 4.98 Å². The van der Waals surface area contributed by atoms with Crippen molar-refractivity contribution >= 4 is 22.7 Å². The molecule has 7 nitrogen and oxygen atoms in total. The lowest BCUT2D eigenvalue weighted by Gasteiger charge is -2.24. The number of carbonyl (C=O) groups is 1. The van der Waals surface area contributed by atoms with Crippen LogP contribution in [-0.2, 0) is 0 Å². The minimum atomic E-state index is -0.785. The van der Waals surface area contributed by atoms with Crippen LogP contribution in [0.5, 0.6) is 11.5 Å². The summed E-state index contributed by atoms with van der Waals surface area (Å²) in [6.07, 6.45) is 0. The molecule has 1 aliphatic heterocycles. The van der Waals surface area contributed by atoms with Crippen molar-refractivity contribution in [2.45, 2.75) is 13.0 Å². The van der Waals surface area contributed by atoms with E-state index >= 15 is 0 Å². The number of aromatic hydroxyl groups is 1. The van der Waals surface area contributed by atoms with Gasteiger partial charge in [-0.25, -0.2) is 4.98 Å². The second kappa shape index (κ2) is 6.98. The molecule has 2 aromatic carbocycles. The predicted octanol–water partition coefficient (Wildman–Crippen LogP) is 3.96. The Balaban J connectivity index is 1.83. The number of rotatable bonds is 3. The van der Waals surface area contributed by atoms with E-state index in [9.17, 15) is 14.7 Å². The van der Waals surface area contributed by atoms with Gasteiger partial charge in [0, 0.05) is 5.69 Å². The highest BCUT2D eigenvalue weighted by atomic mass is 16.5. The van der Waals surface area contributed by atoms with Crippen LogP contribution in [0.2, 0.25) is 0 Å². The van der Waals surface area contributed by atoms with E-state index in [-0.39, 0.29) is 28.3 Å². The summed E-state index contributed by atoms with van der Waals surface area (Å²) in [6.45, 7) is 1.83. The zero-order valence-corrected chi connectivity index (χ0v) is 16.8. The van der Waals surface area contributed by atoms with E-state index in [1.54, 1.807) is 48.5 Å². The summed E-state index contributed by atoms with van der Waals surface area (Å²) < 4.78 is 11.2. The van der Waals surface area contributed by atoms with Gasteiger partial charge in [0.05, 0.1) is 24.1 Å². The van der Waals surface area contributed by atoms with Crippen LogP contribution in [0.1, 0.15) is 33.4 Å². The van der Waals surface area contributed by atoms with Crippen molar-refractivity contribution in [1.29, 1.82) is 0 Å². The number of aryl methyl sites for hydroxylation is 1. The third-order valence-electron chi connectivity index (χ3n) is 5.42. The standard InChI is InChI=1S/C24H18N2O5/c1-13-6-5-9-19(25-13)26-21(14-10-11-16(27)18(12-14)30-2)20-22(28)15-7-3-4-8-17(15)31-23(20)24(26)29/h3-12,21,27H,1-2H3/t21-/m1/s1. The van der Waals surface area contributed by atoms with Crippen LogP contribution in [0.15, 0.2) is 69.9 Å². The normalized spacial score (nSPS) is 15.4. The number of methoxy groups -OCH3 is 1. The molecular formula is C24H18N2O5. The van der Waals surface area contributed by atoms with Crippen LogP contribution >= 0.6 is 0 Å². The van der Waals surface area contributed by atoms with Crippen molar-refractivity contribution in [2.75, 3.05) is 12.0 Å². The fourth-order valence-corrected chi connectivity index (χ4v) is 4.00. The number of nitrogens with zero attached hydrogens (tertiary/aromatic N) is 2. The first kappa shape index (κ1) is 18.9. The molecule has 1 N–H and O–H groups in total. The van der Waals surface area contributed by atoms with E-state index in [0.29, 0.717) is 22.4 Å². The molecule has 2 aromatic heterocycles. The molecule has 154 valence electrons. The number of phenols is 1. The molecule has 7 heteroatoms.